The Bertz CT molecular complexity index is 947. The Morgan fingerprint density at radius 3 is 2.15 bits per heavy atom. The number of carbonyl (C=O) groups is 3. The average molecular weight is 455 g/mol. The van der Waals surface area contributed by atoms with Gasteiger partial charge >= 0.3 is 12.1 Å². The molecule has 1 aliphatic rings. The highest BCUT2D eigenvalue weighted by atomic mass is 16.5. The zero-order valence-electron chi connectivity index (χ0n) is 18.6. The van der Waals surface area contributed by atoms with Crippen molar-refractivity contribution in [2.45, 2.75) is 50.6 Å². The molecule has 176 valence electrons. The molecule has 2 amide bonds. The molecule has 1 aliphatic carbocycles. The average Bonchev–Trinajstić information content (AvgIpc) is 3.13. The Balaban J connectivity index is 1.60. The Morgan fingerprint density at radius 1 is 1.00 bits per heavy atom. The normalized spacial score (nSPS) is 14.0. The standard InChI is InChI=1S/C25H30N2O6/c1-2-3-8-16(13-23(29)27-22(14-28)24(30)31)26-25(32)33-15-21-19-11-6-4-9-17(19)18-10-5-7-12-20(18)21/h4-7,9-12,16,21-22,28H,2-3,8,13-15H2,1H3,(H,26,32)(H,27,29)(H,30,31)/t16?,22-/m0/s1. The largest absolute Gasteiger partial charge is 0.480 e. The van der Waals surface area contributed by atoms with Gasteiger partial charge in [0.1, 0.15) is 12.6 Å². The molecular weight excluding hydrogens is 424 g/mol. The van der Waals surface area contributed by atoms with Crippen LogP contribution in [-0.2, 0) is 14.3 Å². The van der Waals surface area contributed by atoms with Gasteiger partial charge < -0.3 is 25.6 Å². The lowest BCUT2D eigenvalue weighted by Gasteiger charge is -2.20. The fourth-order valence-corrected chi connectivity index (χ4v) is 4.15. The van der Waals surface area contributed by atoms with E-state index in [4.69, 9.17) is 14.9 Å². The predicted octanol–water partition coefficient (Wildman–Crippen LogP) is 3.04. The van der Waals surface area contributed by atoms with Gasteiger partial charge in [-0.3, -0.25) is 4.79 Å². The molecule has 0 saturated carbocycles. The fraction of sp³-hybridized carbons (Fsp3) is 0.400. The van der Waals surface area contributed by atoms with E-state index < -0.39 is 36.7 Å². The molecule has 0 saturated heterocycles. The number of hydrogen-bond donors (Lipinski definition) is 4. The van der Waals surface area contributed by atoms with Crippen molar-refractivity contribution in [2.75, 3.05) is 13.2 Å². The second kappa shape index (κ2) is 11.5. The van der Waals surface area contributed by atoms with E-state index in [1.54, 1.807) is 0 Å². The molecule has 2 aromatic rings. The summed E-state index contributed by atoms with van der Waals surface area (Å²) >= 11 is 0. The number of aliphatic carboxylic acids is 1. The summed E-state index contributed by atoms with van der Waals surface area (Å²) in [5, 5.41) is 23.1. The number of carbonyl (C=O) groups excluding carboxylic acids is 2. The number of fused-ring (bicyclic) bond motifs is 3. The molecule has 2 atom stereocenters. The lowest BCUT2D eigenvalue weighted by molar-refractivity contribution is -0.143. The van der Waals surface area contributed by atoms with E-state index in [0.29, 0.717) is 6.42 Å². The summed E-state index contributed by atoms with van der Waals surface area (Å²) in [5.41, 5.74) is 4.49. The van der Waals surface area contributed by atoms with Crippen LogP contribution in [0, 0.1) is 0 Å². The maximum absolute atomic E-state index is 12.6. The minimum atomic E-state index is -1.38. The first-order valence-corrected chi connectivity index (χ1v) is 11.2. The van der Waals surface area contributed by atoms with Crippen LogP contribution in [0.5, 0.6) is 0 Å². The van der Waals surface area contributed by atoms with Gasteiger partial charge in [0, 0.05) is 18.4 Å². The third-order valence-electron chi connectivity index (χ3n) is 5.82. The van der Waals surface area contributed by atoms with Crippen LogP contribution in [0.1, 0.15) is 49.7 Å². The van der Waals surface area contributed by atoms with Crippen LogP contribution in [0.4, 0.5) is 4.79 Å². The minimum Gasteiger partial charge on any atom is -0.480 e. The third-order valence-corrected chi connectivity index (χ3v) is 5.82. The summed E-state index contributed by atoms with van der Waals surface area (Å²) in [5.74, 6) is -1.95. The molecule has 8 nitrogen and oxygen atoms in total. The van der Waals surface area contributed by atoms with Gasteiger partial charge in [-0.2, -0.15) is 0 Å². The Kier molecular flexibility index (Phi) is 8.43. The number of aliphatic hydroxyl groups is 1. The van der Waals surface area contributed by atoms with E-state index in [1.807, 2.05) is 43.3 Å². The number of rotatable bonds is 11. The number of alkyl carbamates (subject to hydrolysis) is 1. The smallest absolute Gasteiger partial charge is 0.407 e. The van der Waals surface area contributed by atoms with Crippen LogP contribution in [-0.4, -0.2) is 53.5 Å². The molecule has 0 radical (unpaired) electrons. The monoisotopic (exact) mass is 454 g/mol. The van der Waals surface area contributed by atoms with Gasteiger partial charge in [0.2, 0.25) is 5.91 Å². The first-order chi connectivity index (χ1) is 15.9. The molecule has 33 heavy (non-hydrogen) atoms. The van der Waals surface area contributed by atoms with Crippen molar-refractivity contribution in [1.82, 2.24) is 10.6 Å². The molecule has 0 bridgehead atoms. The van der Waals surface area contributed by atoms with Crippen LogP contribution in [0.25, 0.3) is 11.1 Å². The van der Waals surface area contributed by atoms with Crippen molar-refractivity contribution in [3.05, 3.63) is 59.7 Å². The van der Waals surface area contributed by atoms with E-state index >= 15 is 0 Å². The van der Waals surface area contributed by atoms with Gasteiger partial charge in [0.15, 0.2) is 0 Å². The highest BCUT2D eigenvalue weighted by molar-refractivity contribution is 5.84. The molecule has 2 aromatic carbocycles. The molecular formula is C25H30N2O6. The first kappa shape index (κ1) is 24.3. The van der Waals surface area contributed by atoms with Gasteiger partial charge in [0.05, 0.1) is 6.61 Å². The van der Waals surface area contributed by atoms with Crippen molar-refractivity contribution >= 4 is 18.0 Å². The van der Waals surface area contributed by atoms with Gasteiger partial charge in [-0.25, -0.2) is 9.59 Å². The summed E-state index contributed by atoms with van der Waals surface area (Å²) in [4.78, 5) is 35.8. The molecule has 0 aliphatic heterocycles. The maximum Gasteiger partial charge on any atom is 0.407 e. The summed E-state index contributed by atoms with van der Waals surface area (Å²) in [6.45, 7) is 1.45. The van der Waals surface area contributed by atoms with Gasteiger partial charge in [-0.05, 0) is 28.7 Å². The lowest BCUT2D eigenvalue weighted by Crippen LogP contribution is -2.46. The number of unbranched alkanes of at least 4 members (excludes halogenated alkanes) is 1. The minimum absolute atomic E-state index is 0.0681. The fourth-order valence-electron chi connectivity index (χ4n) is 4.15. The van der Waals surface area contributed by atoms with E-state index in [0.717, 1.165) is 35.1 Å². The molecule has 0 spiro atoms. The molecule has 3 rings (SSSR count). The van der Waals surface area contributed by atoms with Crippen LogP contribution >= 0.6 is 0 Å². The van der Waals surface area contributed by atoms with E-state index in [2.05, 4.69) is 22.8 Å². The number of carboxylic acids is 1. The number of benzene rings is 2. The van der Waals surface area contributed by atoms with Gasteiger partial charge in [-0.15, -0.1) is 0 Å². The van der Waals surface area contributed by atoms with Crippen molar-refractivity contribution in [3.8, 4) is 11.1 Å². The van der Waals surface area contributed by atoms with Crippen molar-refractivity contribution in [2.24, 2.45) is 0 Å². The molecule has 4 N–H and O–H groups in total. The lowest BCUT2D eigenvalue weighted by atomic mass is 9.98. The second-order valence-corrected chi connectivity index (χ2v) is 8.15. The van der Waals surface area contributed by atoms with E-state index in [1.165, 1.54) is 0 Å². The number of carboxylic acid groups (broad SMARTS) is 1. The Hall–Kier alpha value is -3.39. The molecule has 1 unspecified atom stereocenters. The van der Waals surface area contributed by atoms with Crippen molar-refractivity contribution < 1.29 is 29.3 Å². The van der Waals surface area contributed by atoms with E-state index in [-0.39, 0.29) is 18.9 Å². The first-order valence-electron chi connectivity index (χ1n) is 11.2. The molecule has 0 aromatic heterocycles. The summed E-state index contributed by atoms with van der Waals surface area (Å²) in [7, 11) is 0. The molecule has 8 heteroatoms. The molecule has 0 fully saturated rings. The van der Waals surface area contributed by atoms with E-state index in [9.17, 15) is 14.4 Å². The van der Waals surface area contributed by atoms with Crippen LogP contribution in [0.15, 0.2) is 48.5 Å². The second-order valence-electron chi connectivity index (χ2n) is 8.15. The van der Waals surface area contributed by atoms with Gasteiger partial charge in [-0.1, -0.05) is 68.3 Å². The molecule has 0 heterocycles. The highest BCUT2D eigenvalue weighted by Crippen LogP contribution is 2.44. The zero-order chi connectivity index (χ0) is 23.8. The van der Waals surface area contributed by atoms with Crippen LogP contribution in [0.3, 0.4) is 0 Å². The summed E-state index contributed by atoms with van der Waals surface area (Å²) < 4.78 is 5.56. The predicted molar refractivity (Wildman–Crippen MR) is 123 cm³/mol. The topological polar surface area (TPSA) is 125 Å². The summed E-state index contributed by atoms with van der Waals surface area (Å²) in [6, 6.07) is 14.2. The number of hydrogen-bond acceptors (Lipinski definition) is 5. The number of nitrogens with one attached hydrogen (secondary N) is 2. The highest BCUT2D eigenvalue weighted by Gasteiger charge is 2.29. The van der Waals surface area contributed by atoms with Gasteiger partial charge in [0.25, 0.3) is 0 Å². The number of ether oxygens (including phenoxy) is 1. The Labute approximate surface area is 193 Å². The third kappa shape index (κ3) is 6.10. The SMILES string of the molecule is CCCCC(CC(=O)N[C@@H](CO)C(=O)O)NC(=O)OCC1c2ccccc2-c2ccccc21. The maximum atomic E-state index is 12.6. The van der Waals surface area contributed by atoms with Crippen LogP contribution in [0.2, 0.25) is 0 Å². The Morgan fingerprint density at radius 2 is 1.61 bits per heavy atom. The summed E-state index contributed by atoms with van der Waals surface area (Å²) in [6.07, 6.45) is 1.48. The number of amides is 2. The zero-order valence-corrected chi connectivity index (χ0v) is 18.6. The van der Waals surface area contributed by atoms with Crippen molar-refractivity contribution in [3.63, 3.8) is 0 Å². The number of aliphatic hydroxyl groups excluding tert-OH is 1. The quantitative estimate of drug-likeness (QED) is 0.414. The van der Waals surface area contributed by atoms with Crippen LogP contribution < -0.4 is 10.6 Å². The van der Waals surface area contributed by atoms with Crippen molar-refractivity contribution in [1.29, 1.82) is 0 Å².